The standard InChI is InChI=1S/C25H40N3O6P/c1-18(2)27-21(30)24(23(3,4)33,16-9-10-17-26)25(35-34,22(31)32)28(5)20(29)15-11-14-19-12-7-6-8-13-19/h6-8,12-13,18,33H,9-11,14-17,26H2,1-5H3,(H,27,30)(H,31,32)/t24?,25-/m0/s1. The van der Waals surface area contributed by atoms with E-state index in [0.717, 1.165) is 10.5 Å². The fraction of sp³-hybridized carbons (Fsp3) is 0.640. The summed E-state index contributed by atoms with van der Waals surface area (Å²) in [5, 5.41) is 22.0. The second kappa shape index (κ2) is 13.1. The molecule has 1 aromatic carbocycles. The number of aliphatic hydroxyl groups is 1. The molecule has 0 aliphatic heterocycles. The van der Waals surface area contributed by atoms with Crippen LogP contribution in [-0.4, -0.2) is 63.4 Å². The minimum Gasteiger partial charge on any atom is -0.479 e. The molecule has 2 atom stereocenters. The Bertz CT molecular complexity index is 874. The molecule has 0 saturated heterocycles. The number of carboxylic acids is 1. The van der Waals surface area contributed by atoms with Crippen LogP contribution in [0.25, 0.3) is 0 Å². The van der Waals surface area contributed by atoms with Gasteiger partial charge in [-0.1, -0.05) is 36.8 Å². The van der Waals surface area contributed by atoms with Gasteiger partial charge >= 0.3 is 5.97 Å². The summed E-state index contributed by atoms with van der Waals surface area (Å²) in [6, 6.07) is 9.14. The van der Waals surface area contributed by atoms with Crippen molar-refractivity contribution >= 4 is 26.2 Å². The van der Waals surface area contributed by atoms with Crippen molar-refractivity contribution in [2.45, 2.75) is 83.1 Å². The van der Waals surface area contributed by atoms with Gasteiger partial charge in [-0.15, -0.1) is 0 Å². The largest absolute Gasteiger partial charge is 0.479 e. The molecule has 0 saturated carbocycles. The monoisotopic (exact) mass is 509 g/mol. The van der Waals surface area contributed by atoms with Gasteiger partial charge in [0.05, 0.1) is 5.60 Å². The lowest BCUT2D eigenvalue weighted by Crippen LogP contribution is -2.73. The van der Waals surface area contributed by atoms with Gasteiger partial charge in [0.25, 0.3) is 0 Å². The van der Waals surface area contributed by atoms with Crippen LogP contribution in [-0.2, 0) is 25.4 Å². The Morgan fingerprint density at radius 3 is 2.17 bits per heavy atom. The molecule has 0 bridgehead atoms. The van der Waals surface area contributed by atoms with Gasteiger partial charge in [-0.3, -0.25) is 14.2 Å². The molecule has 1 aromatic rings. The van der Waals surface area contributed by atoms with E-state index >= 15 is 0 Å². The maximum atomic E-state index is 13.7. The van der Waals surface area contributed by atoms with Crippen molar-refractivity contribution in [1.29, 1.82) is 0 Å². The molecule has 0 spiro atoms. The van der Waals surface area contributed by atoms with Crippen molar-refractivity contribution < 1.29 is 29.2 Å². The summed E-state index contributed by atoms with van der Waals surface area (Å²) in [5.41, 5.74) is 2.55. The number of unbranched alkanes of at least 4 members (excludes halogenated alkanes) is 1. The lowest BCUT2D eigenvalue weighted by atomic mass is 9.63. The van der Waals surface area contributed by atoms with Gasteiger partial charge in [-0.2, -0.15) is 0 Å². The molecule has 0 aliphatic carbocycles. The summed E-state index contributed by atoms with van der Waals surface area (Å²) >= 11 is 0. The first-order valence-corrected chi connectivity index (χ1v) is 12.7. The second-order valence-corrected chi connectivity index (χ2v) is 10.5. The summed E-state index contributed by atoms with van der Waals surface area (Å²) in [7, 11) is 0.243. The zero-order valence-corrected chi connectivity index (χ0v) is 22.3. The minimum absolute atomic E-state index is 0.0213. The van der Waals surface area contributed by atoms with Gasteiger partial charge in [0.1, 0.15) is 5.41 Å². The molecule has 1 unspecified atom stereocenters. The van der Waals surface area contributed by atoms with Crippen molar-refractivity contribution in [3.8, 4) is 0 Å². The Morgan fingerprint density at radius 1 is 1.11 bits per heavy atom. The van der Waals surface area contributed by atoms with Crippen LogP contribution in [0.15, 0.2) is 30.3 Å². The van der Waals surface area contributed by atoms with Gasteiger partial charge in [0.15, 0.2) is 8.46 Å². The van der Waals surface area contributed by atoms with E-state index in [1.165, 1.54) is 20.9 Å². The third-order valence-corrected chi connectivity index (χ3v) is 7.58. The number of hydrogen-bond acceptors (Lipinski definition) is 6. The van der Waals surface area contributed by atoms with Gasteiger partial charge in [-0.25, -0.2) is 4.79 Å². The Hall–Kier alpha value is -2.35. The number of likely N-dealkylation sites (N-methyl/N-ethyl adjacent to an activating group) is 1. The van der Waals surface area contributed by atoms with Crippen molar-refractivity contribution in [3.05, 3.63) is 35.9 Å². The van der Waals surface area contributed by atoms with E-state index in [2.05, 4.69) is 5.32 Å². The number of nitrogens with one attached hydrogen (secondary N) is 1. The highest BCUT2D eigenvalue weighted by atomic mass is 31.1. The Kier molecular flexibility index (Phi) is 11.5. The van der Waals surface area contributed by atoms with Gasteiger partial charge in [0, 0.05) is 19.5 Å². The number of nitrogens with zero attached hydrogens (tertiary/aromatic N) is 1. The van der Waals surface area contributed by atoms with E-state index < -0.39 is 42.5 Å². The van der Waals surface area contributed by atoms with Crippen molar-refractivity contribution in [2.24, 2.45) is 11.1 Å². The molecule has 0 heterocycles. The number of aryl methyl sites for hydroxylation is 1. The summed E-state index contributed by atoms with van der Waals surface area (Å²) in [6.07, 6.45) is 1.59. The van der Waals surface area contributed by atoms with E-state index in [1.807, 2.05) is 30.3 Å². The van der Waals surface area contributed by atoms with Gasteiger partial charge < -0.3 is 26.2 Å². The summed E-state index contributed by atoms with van der Waals surface area (Å²) in [4.78, 5) is 40.7. The number of hydrogen-bond donors (Lipinski definition) is 4. The Labute approximate surface area is 209 Å². The number of carboxylic acid groups (broad SMARTS) is 1. The summed E-state index contributed by atoms with van der Waals surface area (Å²) in [6.45, 7) is 6.31. The summed E-state index contributed by atoms with van der Waals surface area (Å²) < 4.78 is 12.8. The number of nitrogens with two attached hydrogens (primary N) is 1. The number of amides is 2. The van der Waals surface area contributed by atoms with Crippen LogP contribution in [0.5, 0.6) is 0 Å². The molecule has 2 amide bonds. The van der Waals surface area contributed by atoms with Crippen LogP contribution in [0.3, 0.4) is 0 Å². The van der Waals surface area contributed by atoms with E-state index in [0.29, 0.717) is 19.3 Å². The smallest absolute Gasteiger partial charge is 0.343 e. The average Bonchev–Trinajstić information content (AvgIpc) is 2.77. The van der Waals surface area contributed by atoms with Crippen LogP contribution in [0, 0.1) is 5.41 Å². The second-order valence-electron chi connectivity index (χ2n) is 9.70. The fourth-order valence-corrected chi connectivity index (χ4v) is 5.56. The van der Waals surface area contributed by atoms with Crippen molar-refractivity contribution in [3.63, 3.8) is 0 Å². The third-order valence-electron chi connectivity index (χ3n) is 6.44. The summed E-state index contributed by atoms with van der Waals surface area (Å²) in [5.74, 6) is -3.01. The molecule has 10 heteroatoms. The number of benzene rings is 1. The molecule has 9 nitrogen and oxygen atoms in total. The van der Waals surface area contributed by atoms with Crippen LogP contribution >= 0.6 is 8.46 Å². The van der Waals surface area contributed by atoms with E-state index in [1.54, 1.807) is 13.8 Å². The Morgan fingerprint density at radius 2 is 1.71 bits per heavy atom. The number of carbonyl (C=O) groups excluding carboxylic acids is 2. The Balaban J connectivity index is 3.55. The molecule has 0 aromatic heterocycles. The first-order valence-electron chi connectivity index (χ1n) is 11.9. The predicted octanol–water partition coefficient (Wildman–Crippen LogP) is 2.95. The quantitative estimate of drug-likeness (QED) is 0.210. The molecule has 35 heavy (non-hydrogen) atoms. The van der Waals surface area contributed by atoms with Crippen LogP contribution in [0.1, 0.15) is 65.4 Å². The maximum Gasteiger partial charge on any atom is 0.343 e. The number of carbonyl (C=O) groups is 3. The van der Waals surface area contributed by atoms with Crippen LogP contribution in [0.2, 0.25) is 0 Å². The molecular formula is C25H40N3O6P. The molecule has 5 N–H and O–H groups in total. The van der Waals surface area contributed by atoms with E-state index in [-0.39, 0.29) is 31.8 Å². The lowest BCUT2D eigenvalue weighted by molar-refractivity contribution is -0.183. The predicted molar refractivity (Wildman–Crippen MR) is 135 cm³/mol. The van der Waals surface area contributed by atoms with Crippen molar-refractivity contribution in [2.75, 3.05) is 13.6 Å². The molecular weight excluding hydrogens is 469 g/mol. The van der Waals surface area contributed by atoms with Gasteiger partial charge in [0.2, 0.25) is 17.1 Å². The SMILES string of the molecule is CC(C)NC(=O)C(CCCCN)(C(C)(C)O)[C@@](P=O)(C(=O)O)N(C)C(=O)CCCc1ccccc1. The topological polar surface area (TPSA) is 150 Å². The van der Waals surface area contributed by atoms with E-state index in [4.69, 9.17) is 5.73 Å². The van der Waals surface area contributed by atoms with Crippen LogP contribution < -0.4 is 11.1 Å². The first-order chi connectivity index (χ1) is 16.3. The molecule has 0 aliphatic rings. The van der Waals surface area contributed by atoms with Gasteiger partial charge in [-0.05, 0) is 65.5 Å². The molecule has 196 valence electrons. The third kappa shape index (κ3) is 6.66. The molecule has 1 rings (SSSR count). The zero-order chi connectivity index (χ0) is 26.9. The van der Waals surface area contributed by atoms with Crippen molar-refractivity contribution in [1.82, 2.24) is 10.2 Å². The highest BCUT2D eigenvalue weighted by molar-refractivity contribution is 7.28. The highest BCUT2D eigenvalue weighted by Gasteiger charge is 2.71. The molecule has 0 radical (unpaired) electrons. The first kappa shape index (κ1) is 30.7. The zero-order valence-electron chi connectivity index (χ0n) is 21.4. The number of aliphatic carboxylic acids is 1. The normalized spacial score (nSPS) is 15.3. The number of rotatable bonds is 15. The average molecular weight is 510 g/mol. The lowest BCUT2D eigenvalue weighted by Gasteiger charge is -2.52. The highest BCUT2D eigenvalue weighted by Crippen LogP contribution is 2.54. The minimum atomic E-state index is -2.55. The maximum absolute atomic E-state index is 13.7. The van der Waals surface area contributed by atoms with E-state index in [9.17, 15) is 29.2 Å². The van der Waals surface area contributed by atoms with Crippen LogP contribution in [0.4, 0.5) is 0 Å². The fourth-order valence-electron chi connectivity index (χ4n) is 4.60. The molecule has 0 fully saturated rings.